The second-order valence-corrected chi connectivity index (χ2v) is 7.92. The van der Waals surface area contributed by atoms with Crippen LogP contribution in [-0.4, -0.2) is 32.8 Å². The van der Waals surface area contributed by atoms with Crippen molar-refractivity contribution < 1.29 is 23.8 Å². The molecule has 1 aliphatic rings. The van der Waals surface area contributed by atoms with Gasteiger partial charge in [-0.05, 0) is 74.9 Å². The Balaban J connectivity index is 1.78. The van der Waals surface area contributed by atoms with Gasteiger partial charge in [-0.3, -0.25) is 14.6 Å². The zero-order valence-electron chi connectivity index (χ0n) is 18.1. The summed E-state index contributed by atoms with van der Waals surface area (Å²) in [5.41, 5.74) is 1.22. The zero-order chi connectivity index (χ0) is 22.8. The molecule has 3 heterocycles. The number of rotatable bonds is 6. The molecule has 7 heteroatoms. The molecule has 1 aromatic carbocycles. The number of amides is 1. The standard InChI is InChI=1S/C25H24N2O5/c1-15(2)31-19-7-5-18(6-8-19)23(28)21-22(20-9-4-16(3)32-20)27(25(30)24(21)29)14-17-10-12-26-13-11-17/h4-13,15,22,28H,14H2,1-3H3/b23-21-. The summed E-state index contributed by atoms with van der Waals surface area (Å²) in [6.07, 6.45) is 3.26. The Morgan fingerprint density at radius 1 is 1.09 bits per heavy atom. The molecule has 2 aromatic heterocycles. The van der Waals surface area contributed by atoms with Crippen molar-refractivity contribution in [2.45, 2.75) is 39.5 Å². The minimum absolute atomic E-state index is 0.00376. The highest BCUT2D eigenvalue weighted by atomic mass is 16.5. The molecule has 1 atom stereocenters. The molecule has 4 rings (SSSR count). The Kier molecular flexibility index (Phi) is 5.81. The van der Waals surface area contributed by atoms with E-state index in [4.69, 9.17) is 9.15 Å². The van der Waals surface area contributed by atoms with E-state index in [1.54, 1.807) is 67.8 Å². The highest BCUT2D eigenvalue weighted by molar-refractivity contribution is 6.46. The molecule has 7 nitrogen and oxygen atoms in total. The van der Waals surface area contributed by atoms with Gasteiger partial charge in [0.1, 0.15) is 29.1 Å². The maximum Gasteiger partial charge on any atom is 0.296 e. The number of nitrogens with zero attached hydrogens (tertiary/aromatic N) is 2. The average Bonchev–Trinajstić information content (AvgIpc) is 3.30. The molecule has 1 N–H and O–H groups in total. The second kappa shape index (κ2) is 8.70. The number of ether oxygens (including phenoxy) is 1. The third-order valence-electron chi connectivity index (χ3n) is 5.17. The zero-order valence-corrected chi connectivity index (χ0v) is 18.1. The Hall–Kier alpha value is -3.87. The number of aryl methyl sites for hydroxylation is 1. The number of hydrogen-bond acceptors (Lipinski definition) is 6. The lowest BCUT2D eigenvalue weighted by atomic mass is 9.99. The summed E-state index contributed by atoms with van der Waals surface area (Å²) in [5.74, 6) is 0.00525. The van der Waals surface area contributed by atoms with E-state index in [2.05, 4.69) is 4.98 Å². The highest BCUT2D eigenvalue weighted by Crippen LogP contribution is 2.41. The fraction of sp³-hybridized carbons (Fsp3) is 0.240. The van der Waals surface area contributed by atoms with Gasteiger partial charge in [0.05, 0.1) is 11.7 Å². The van der Waals surface area contributed by atoms with Crippen LogP contribution in [0.3, 0.4) is 0 Å². The number of pyridine rings is 1. The van der Waals surface area contributed by atoms with Crippen LogP contribution in [0.15, 0.2) is 70.9 Å². The van der Waals surface area contributed by atoms with E-state index < -0.39 is 17.7 Å². The van der Waals surface area contributed by atoms with Crippen LogP contribution >= 0.6 is 0 Å². The van der Waals surface area contributed by atoms with Gasteiger partial charge in [0.25, 0.3) is 11.7 Å². The van der Waals surface area contributed by atoms with Crippen LogP contribution in [0.4, 0.5) is 0 Å². The molecule has 1 saturated heterocycles. The van der Waals surface area contributed by atoms with Gasteiger partial charge in [-0.15, -0.1) is 0 Å². The van der Waals surface area contributed by atoms with Crippen molar-refractivity contribution >= 4 is 17.4 Å². The Morgan fingerprint density at radius 2 is 1.78 bits per heavy atom. The van der Waals surface area contributed by atoms with E-state index in [-0.39, 0.29) is 24.0 Å². The number of benzene rings is 1. The summed E-state index contributed by atoms with van der Waals surface area (Å²) in [6, 6.07) is 12.9. The van der Waals surface area contributed by atoms with Crippen molar-refractivity contribution in [1.29, 1.82) is 0 Å². The van der Waals surface area contributed by atoms with E-state index in [9.17, 15) is 14.7 Å². The molecule has 0 radical (unpaired) electrons. The Morgan fingerprint density at radius 3 is 2.38 bits per heavy atom. The number of carbonyl (C=O) groups excluding carboxylic acids is 2. The number of hydrogen-bond donors (Lipinski definition) is 1. The molecule has 0 bridgehead atoms. The SMILES string of the molecule is Cc1ccc(C2/C(=C(/O)c3ccc(OC(C)C)cc3)C(=O)C(=O)N2Cc2ccncc2)o1. The Labute approximate surface area is 186 Å². The van der Waals surface area contributed by atoms with Gasteiger partial charge in [-0.1, -0.05) is 0 Å². The lowest BCUT2D eigenvalue weighted by Crippen LogP contribution is -2.29. The number of furan rings is 1. The summed E-state index contributed by atoms with van der Waals surface area (Å²) in [4.78, 5) is 31.4. The molecular weight excluding hydrogens is 408 g/mol. The Bertz CT molecular complexity index is 1160. The smallest absolute Gasteiger partial charge is 0.296 e. The van der Waals surface area contributed by atoms with Crippen LogP contribution < -0.4 is 4.74 Å². The maximum absolute atomic E-state index is 13.0. The van der Waals surface area contributed by atoms with Crippen LogP contribution in [0.1, 0.15) is 42.5 Å². The largest absolute Gasteiger partial charge is 0.507 e. The van der Waals surface area contributed by atoms with Gasteiger partial charge in [0.15, 0.2) is 0 Å². The minimum Gasteiger partial charge on any atom is -0.507 e. The number of aromatic nitrogens is 1. The van der Waals surface area contributed by atoms with Crippen molar-refractivity contribution in [2.75, 3.05) is 0 Å². The van der Waals surface area contributed by atoms with Crippen LogP contribution in [0, 0.1) is 6.92 Å². The van der Waals surface area contributed by atoms with Gasteiger partial charge < -0.3 is 19.2 Å². The van der Waals surface area contributed by atoms with Crippen molar-refractivity contribution in [2.24, 2.45) is 0 Å². The molecule has 1 aliphatic heterocycles. The van der Waals surface area contributed by atoms with Crippen molar-refractivity contribution in [3.05, 3.63) is 89.1 Å². The fourth-order valence-electron chi connectivity index (χ4n) is 3.74. The molecular formula is C25H24N2O5. The predicted molar refractivity (Wildman–Crippen MR) is 118 cm³/mol. The monoisotopic (exact) mass is 432 g/mol. The molecule has 3 aromatic rings. The molecule has 164 valence electrons. The highest BCUT2D eigenvalue weighted by Gasteiger charge is 2.47. The van der Waals surface area contributed by atoms with Gasteiger partial charge in [-0.25, -0.2) is 0 Å². The number of aliphatic hydroxyl groups excluding tert-OH is 1. The number of aliphatic hydroxyl groups is 1. The molecule has 0 saturated carbocycles. The average molecular weight is 432 g/mol. The van der Waals surface area contributed by atoms with E-state index >= 15 is 0 Å². The third kappa shape index (κ3) is 4.14. The number of carbonyl (C=O) groups is 2. The van der Waals surface area contributed by atoms with E-state index in [0.717, 1.165) is 5.56 Å². The van der Waals surface area contributed by atoms with Crippen molar-refractivity contribution in [1.82, 2.24) is 9.88 Å². The summed E-state index contributed by atoms with van der Waals surface area (Å²) >= 11 is 0. The molecule has 1 fully saturated rings. The first-order valence-electron chi connectivity index (χ1n) is 10.4. The van der Waals surface area contributed by atoms with E-state index in [1.807, 2.05) is 13.8 Å². The minimum atomic E-state index is -0.844. The maximum atomic E-state index is 13.0. The molecule has 1 unspecified atom stereocenters. The molecule has 0 spiro atoms. The number of ketones is 1. The number of Topliss-reactive ketones (excluding diaryl/α,β-unsaturated/α-hetero) is 1. The third-order valence-corrected chi connectivity index (χ3v) is 5.17. The van der Waals surface area contributed by atoms with Crippen LogP contribution in [0.25, 0.3) is 5.76 Å². The lowest BCUT2D eigenvalue weighted by molar-refractivity contribution is -0.140. The van der Waals surface area contributed by atoms with E-state index in [1.165, 1.54) is 4.90 Å². The summed E-state index contributed by atoms with van der Waals surface area (Å²) in [7, 11) is 0. The van der Waals surface area contributed by atoms with Crippen LogP contribution in [0.2, 0.25) is 0 Å². The van der Waals surface area contributed by atoms with Crippen molar-refractivity contribution in [3.8, 4) is 5.75 Å². The van der Waals surface area contributed by atoms with Crippen molar-refractivity contribution in [3.63, 3.8) is 0 Å². The second-order valence-electron chi connectivity index (χ2n) is 7.92. The number of likely N-dealkylation sites (tertiary alicyclic amines) is 1. The normalized spacial score (nSPS) is 17.9. The first-order valence-corrected chi connectivity index (χ1v) is 10.4. The van der Waals surface area contributed by atoms with Crippen LogP contribution in [-0.2, 0) is 16.1 Å². The fourth-order valence-corrected chi connectivity index (χ4v) is 3.74. The van der Waals surface area contributed by atoms with E-state index in [0.29, 0.717) is 22.8 Å². The van der Waals surface area contributed by atoms with Gasteiger partial charge >= 0.3 is 0 Å². The van der Waals surface area contributed by atoms with Gasteiger partial charge in [0, 0.05) is 24.5 Å². The first-order chi connectivity index (χ1) is 15.3. The summed E-state index contributed by atoms with van der Waals surface area (Å²) in [5, 5.41) is 11.1. The topological polar surface area (TPSA) is 92.9 Å². The quantitative estimate of drug-likeness (QED) is 0.353. The molecule has 32 heavy (non-hydrogen) atoms. The molecule has 0 aliphatic carbocycles. The lowest BCUT2D eigenvalue weighted by Gasteiger charge is -2.23. The first kappa shape index (κ1) is 21.4. The molecule has 1 amide bonds. The van der Waals surface area contributed by atoms with Crippen LogP contribution in [0.5, 0.6) is 5.75 Å². The van der Waals surface area contributed by atoms with Gasteiger partial charge in [-0.2, -0.15) is 0 Å². The predicted octanol–water partition coefficient (Wildman–Crippen LogP) is 4.39. The van der Waals surface area contributed by atoms with Gasteiger partial charge in [0.2, 0.25) is 0 Å². The summed E-state index contributed by atoms with van der Waals surface area (Å²) < 4.78 is 11.4. The summed E-state index contributed by atoms with van der Waals surface area (Å²) in [6.45, 7) is 5.80.